The number of nitro groups is 1. The van der Waals surface area contributed by atoms with Crippen molar-refractivity contribution in [2.24, 2.45) is 7.05 Å². The molecule has 27 heavy (non-hydrogen) atoms. The summed E-state index contributed by atoms with van der Waals surface area (Å²) in [5.74, 6) is 0.301. The molecule has 0 unspecified atom stereocenters. The third kappa shape index (κ3) is 3.75. The second-order valence-corrected chi connectivity index (χ2v) is 8.41. The lowest BCUT2D eigenvalue weighted by molar-refractivity contribution is -0.391. The molecule has 1 aromatic heterocycles. The van der Waals surface area contributed by atoms with Crippen LogP contribution in [0.1, 0.15) is 17.0 Å². The van der Waals surface area contributed by atoms with Crippen LogP contribution in [0.15, 0.2) is 53.4 Å². The minimum absolute atomic E-state index is 0.0903. The highest BCUT2D eigenvalue weighted by molar-refractivity contribution is 7.90. The fraction of sp³-hybridized carbons (Fsp3) is 0.211. The molecular formula is C19H19N3O4S. The standard InChI is InChI=1S/C19H19N3O4S/c1-13-4-10-17(11-5-13)27(25,26)12-15-6-8-16(9-7-15)18-19(22(23)24)21(3)14(2)20-18/h4-11H,12H2,1-3H3. The van der Waals surface area contributed by atoms with Crippen LogP contribution < -0.4 is 0 Å². The van der Waals surface area contributed by atoms with Crippen LogP contribution >= 0.6 is 0 Å². The van der Waals surface area contributed by atoms with Crippen molar-refractivity contribution in [3.63, 3.8) is 0 Å². The maximum absolute atomic E-state index is 12.6. The van der Waals surface area contributed by atoms with E-state index in [4.69, 9.17) is 0 Å². The monoisotopic (exact) mass is 385 g/mol. The Morgan fingerprint density at radius 3 is 2.19 bits per heavy atom. The number of rotatable bonds is 5. The Morgan fingerprint density at radius 2 is 1.63 bits per heavy atom. The largest absolute Gasteiger partial charge is 0.358 e. The molecule has 0 atom stereocenters. The van der Waals surface area contributed by atoms with Gasteiger partial charge in [0, 0.05) is 12.5 Å². The summed E-state index contributed by atoms with van der Waals surface area (Å²) < 4.78 is 26.5. The summed E-state index contributed by atoms with van der Waals surface area (Å²) in [4.78, 5) is 15.4. The molecule has 0 amide bonds. The number of hydrogen-bond donors (Lipinski definition) is 0. The second kappa shape index (κ2) is 6.96. The first kappa shape index (κ1) is 18.8. The summed E-state index contributed by atoms with van der Waals surface area (Å²) in [5.41, 5.74) is 2.44. The van der Waals surface area contributed by atoms with Crippen molar-refractivity contribution in [2.75, 3.05) is 0 Å². The van der Waals surface area contributed by atoms with E-state index in [0.29, 0.717) is 17.0 Å². The smallest absolute Gasteiger partial charge is 0.350 e. The molecule has 0 saturated heterocycles. The third-order valence-electron chi connectivity index (χ3n) is 4.43. The van der Waals surface area contributed by atoms with Crippen LogP contribution in [0.3, 0.4) is 0 Å². The van der Waals surface area contributed by atoms with Crippen molar-refractivity contribution in [3.05, 3.63) is 75.6 Å². The number of aryl methyl sites for hydroxylation is 2. The first-order valence-corrected chi connectivity index (χ1v) is 9.91. The lowest BCUT2D eigenvalue weighted by Gasteiger charge is -2.06. The zero-order valence-electron chi connectivity index (χ0n) is 15.2. The van der Waals surface area contributed by atoms with Gasteiger partial charge in [0.15, 0.2) is 21.4 Å². The summed E-state index contributed by atoms with van der Waals surface area (Å²) in [7, 11) is -1.87. The molecule has 0 aliphatic carbocycles. The molecule has 0 spiro atoms. The molecule has 1 heterocycles. The van der Waals surface area contributed by atoms with Crippen LogP contribution in [0.4, 0.5) is 5.82 Å². The van der Waals surface area contributed by atoms with E-state index < -0.39 is 14.8 Å². The van der Waals surface area contributed by atoms with Gasteiger partial charge < -0.3 is 10.1 Å². The Kier molecular flexibility index (Phi) is 4.84. The van der Waals surface area contributed by atoms with Gasteiger partial charge in [0.2, 0.25) is 0 Å². The summed E-state index contributed by atoms with van der Waals surface area (Å²) in [6.45, 7) is 3.59. The fourth-order valence-corrected chi connectivity index (χ4v) is 4.16. The maximum atomic E-state index is 12.6. The molecule has 3 aromatic rings. The van der Waals surface area contributed by atoms with E-state index in [9.17, 15) is 18.5 Å². The highest BCUT2D eigenvalue weighted by Crippen LogP contribution is 2.30. The number of aromatic nitrogens is 2. The van der Waals surface area contributed by atoms with Gasteiger partial charge in [0.05, 0.1) is 17.7 Å². The summed E-state index contributed by atoms with van der Waals surface area (Å²) >= 11 is 0. The Hall–Kier alpha value is -3.00. The zero-order chi connectivity index (χ0) is 19.8. The van der Waals surface area contributed by atoms with Gasteiger partial charge in [0.25, 0.3) is 0 Å². The minimum Gasteiger partial charge on any atom is -0.358 e. The van der Waals surface area contributed by atoms with Crippen LogP contribution in [0.25, 0.3) is 11.3 Å². The van der Waals surface area contributed by atoms with E-state index in [0.717, 1.165) is 5.56 Å². The van der Waals surface area contributed by atoms with Crippen molar-refractivity contribution >= 4 is 15.7 Å². The topological polar surface area (TPSA) is 95.1 Å². The van der Waals surface area contributed by atoms with Crippen molar-refractivity contribution in [1.82, 2.24) is 9.55 Å². The van der Waals surface area contributed by atoms with Crippen LogP contribution in [-0.2, 0) is 22.6 Å². The fourth-order valence-electron chi connectivity index (χ4n) is 2.81. The molecule has 0 fully saturated rings. The van der Waals surface area contributed by atoms with Gasteiger partial charge in [-0.1, -0.05) is 42.0 Å². The molecule has 0 bridgehead atoms. The highest BCUT2D eigenvalue weighted by atomic mass is 32.2. The normalized spacial score (nSPS) is 11.5. The number of imidazole rings is 1. The second-order valence-electron chi connectivity index (χ2n) is 6.42. The van der Waals surface area contributed by atoms with Gasteiger partial charge in [-0.3, -0.25) is 0 Å². The third-order valence-corrected chi connectivity index (χ3v) is 6.13. The van der Waals surface area contributed by atoms with Crippen LogP contribution in [0.2, 0.25) is 0 Å². The van der Waals surface area contributed by atoms with E-state index in [1.54, 1.807) is 62.5 Å². The zero-order valence-corrected chi connectivity index (χ0v) is 16.0. The van der Waals surface area contributed by atoms with Crippen LogP contribution in [-0.4, -0.2) is 22.9 Å². The van der Waals surface area contributed by atoms with Gasteiger partial charge in [-0.05, 0) is 29.5 Å². The maximum Gasteiger partial charge on any atom is 0.350 e. The average molecular weight is 385 g/mol. The van der Waals surface area contributed by atoms with Gasteiger partial charge >= 0.3 is 5.82 Å². The SMILES string of the molecule is Cc1ccc(S(=O)(=O)Cc2ccc(-c3nc(C)n(C)c3[N+](=O)[O-])cc2)cc1. The molecule has 0 saturated carbocycles. The molecule has 3 rings (SSSR count). The predicted octanol–water partition coefficient (Wildman–Crippen LogP) is 3.59. The molecule has 2 aromatic carbocycles. The molecule has 0 radical (unpaired) electrons. The molecule has 7 nitrogen and oxygen atoms in total. The Balaban J connectivity index is 1.89. The van der Waals surface area contributed by atoms with Crippen molar-refractivity contribution < 1.29 is 13.3 Å². The first-order chi connectivity index (χ1) is 12.7. The molecule has 0 aliphatic heterocycles. The summed E-state index contributed by atoms with van der Waals surface area (Å²) in [6.07, 6.45) is 0. The van der Waals surface area contributed by atoms with Crippen molar-refractivity contribution in [2.45, 2.75) is 24.5 Å². The minimum atomic E-state index is -3.46. The van der Waals surface area contributed by atoms with E-state index in [2.05, 4.69) is 4.98 Å². The number of benzene rings is 2. The van der Waals surface area contributed by atoms with Crippen LogP contribution in [0, 0.1) is 24.0 Å². The van der Waals surface area contributed by atoms with Gasteiger partial charge in [-0.15, -0.1) is 0 Å². The Morgan fingerprint density at radius 1 is 1.04 bits per heavy atom. The van der Waals surface area contributed by atoms with Crippen molar-refractivity contribution in [1.29, 1.82) is 0 Å². The predicted molar refractivity (Wildman–Crippen MR) is 102 cm³/mol. The first-order valence-electron chi connectivity index (χ1n) is 8.25. The Labute approximate surface area is 157 Å². The van der Waals surface area contributed by atoms with Gasteiger partial charge in [0.1, 0.15) is 0 Å². The van der Waals surface area contributed by atoms with E-state index >= 15 is 0 Å². The highest BCUT2D eigenvalue weighted by Gasteiger charge is 2.24. The molecule has 8 heteroatoms. The quantitative estimate of drug-likeness (QED) is 0.494. The number of hydrogen-bond acceptors (Lipinski definition) is 5. The number of sulfone groups is 1. The summed E-state index contributed by atoms with van der Waals surface area (Å²) in [5, 5.41) is 11.3. The molecule has 0 N–H and O–H groups in total. The van der Waals surface area contributed by atoms with E-state index in [-0.39, 0.29) is 22.2 Å². The molecule has 0 aliphatic rings. The van der Waals surface area contributed by atoms with E-state index in [1.807, 2.05) is 6.92 Å². The van der Waals surface area contributed by atoms with Crippen molar-refractivity contribution in [3.8, 4) is 11.3 Å². The van der Waals surface area contributed by atoms with E-state index in [1.165, 1.54) is 4.57 Å². The molecular weight excluding hydrogens is 366 g/mol. The lowest BCUT2D eigenvalue weighted by atomic mass is 10.1. The lowest BCUT2D eigenvalue weighted by Crippen LogP contribution is -2.05. The van der Waals surface area contributed by atoms with Crippen LogP contribution in [0.5, 0.6) is 0 Å². The van der Waals surface area contributed by atoms with Gasteiger partial charge in [-0.25, -0.2) is 18.0 Å². The summed E-state index contributed by atoms with van der Waals surface area (Å²) in [6, 6.07) is 13.4. The average Bonchev–Trinajstić information content (AvgIpc) is 2.91. The Bertz CT molecular complexity index is 1100. The number of nitrogens with zero attached hydrogens (tertiary/aromatic N) is 3. The molecule has 140 valence electrons. The van der Waals surface area contributed by atoms with Gasteiger partial charge in [-0.2, -0.15) is 0 Å².